The lowest BCUT2D eigenvalue weighted by Crippen LogP contribution is -2.10. The molecule has 0 spiro atoms. The molecule has 0 bridgehead atoms. The Morgan fingerprint density at radius 1 is 1.72 bits per heavy atom. The van der Waals surface area contributed by atoms with E-state index < -0.39 is 5.97 Å². The van der Waals surface area contributed by atoms with Gasteiger partial charge in [-0.2, -0.15) is 10.4 Å². The molecule has 1 N–H and O–H groups in total. The summed E-state index contributed by atoms with van der Waals surface area (Å²) in [6, 6.07) is 2.00. The molecule has 0 aliphatic rings. The molecule has 0 radical (unpaired) electrons. The first-order chi connectivity index (χ1) is 8.51. The average molecular weight is 272 g/mol. The summed E-state index contributed by atoms with van der Waals surface area (Å²) >= 11 is 5.80. The Bertz CT molecular complexity index is 479. The number of nitriles is 1. The number of carbonyl (C=O) groups excluding carboxylic acids is 1. The van der Waals surface area contributed by atoms with E-state index in [1.165, 1.54) is 0 Å². The summed E-state index contributed by atoms with van der Waals surface area (Å²) in [6.07, 6.45) is 0.682. The van der Waals surface area contributed by atoms with Crippen LogP contribution in [0.2, 0.25) is 5.02 Å². The minimum absolute atomic E-state index is 0.132. The van der Waals surface area contributed by atoms with Crippen molar-refractivity contribution in [2.45, 2.75) is 26.8 Å². The fraction of sp³-hybridized carbons (Fsp3) is 0.545. The molecule has 98 valence electrons. The standard InChI is InChI=1S/C11H14ClN3O3/c1-3-4-18-11(17)9-8(12)10(16)15(14-9)6-7(2)5-13/h7,16H,3-4,6H2,1-2H3. The summed E-state index contributed by atoms with van der Waals surface area (Å²) < 4.78 is 6.01. The molecule has 0 aliphatic carbocycles. The van der Waals surface area contributed by atoms with Gasteiger partial charge in [-0.3, -0.25) is 0 Å². The summed E-state index contributed by atoms with van der Waals surface area (Å²) in [4.78, 5) is 11.6. The first-order valence-corrected chi connectivity index (χ1v) is 5.91. The predicted octanol–water partition coefficient (Wildman–Crippen LogP) is 1.97. The van der Waals surface area contributed by atoms with Crippen molar-refractivity contribution in [2.75, 3.05) is 6.61 Å². The smallest absolute Gasteiger partial charge is 0.360 e. The van der Waals surface area contributed by atoms with Gasteiger partial charge in [-0.15, -0.1) is 0 Å². The number of aromatic hydroxyl groups is 1. The number of hydrogen-bond acceptors (Lipinski definition) is 5. The topological polar surface area (TPSA) is 88.1 Å². The lowest BCUT2D eigenvalue weighted by atomic mass is 10.2. The van der Waals surface area contributed by atoms with Gasteiger partial charge in [0.1, 0.15) is 5.02 Å². The Morgan fingerprint density at radius 3 is 2.94 bits per heavy atom. The fourth-order valence-electron chi connectivity index (χ4n) is 1.25. The number of rotatable bonds is 5. The second-order valence-electron chi connectivity index (χ2n) is 3.83. The van der Waals surface area contributed by atoms with Crippen LogP contribution in [0.4, 0.5) is 0 Å². The molecule has 7 heteroatoms. The number of ether oxygens (including phenoxy) is 1. The van der Waals surface area contributed by atoms with Crippen molar-refractivity contribution >= 4 is 17.6 Å². The molecular weight excluding hydrogens is 258 g/mol. The number of carbonyl (C=O) groups is 1. The molecule has 1 aromatic rings. The van der Waals surface area contributed by atoms with Crippen molar-refractivity contribution in [2.24, 2.45) is 5.92 Å². The number of esters is 1. The van der Waals surface area contributed by atoms with E-state index in [1.54, 1.807) is 6.92 Å². The zero-order valence-corrected chi connectivity index (χ0v) is 10.9. The van der Waals surface area contributed by atoms with Crippen LogP contribution in [-0.2, 0) is 11.3 Å². The van der Waals surface area contributed by atoms with E-state index in [9.17, 15) is 9.90 Å². The summed E-state index contributed by atoms with van der Waals surface area (Å²) in [5, 5.41) is 22.1. The minimum Gasteiger partial charge on any atom is -0.492 e. The molecule has 0 saturated carbocycles. The zero-order chi connectivity index (χ0) is 13.7. The van der Waals surface area contributed by atoms with Crippen LogP contribution in [0.15, 0.2) is 0 Å². The van der Waals surface area contributed by atoms with E-state index in [0.29, 0.717) is 6.42 Å². The van der Waals surface area contributed by atoms with Crippen LogP contribution in [0.5, 0.6) is 5.88 Å². The quantitative estimate of drug-likeness (QED) is 0.827. The van der Waals surface area contributed by atoms with Crippen molar-refractivity contribution in [1.29, 1.82) is 5.26 Å². The molecule has 0 aliphatic heterocycles. The predicted molar refractivity (Wildman–Crippen MR) is 64.3 cm³/mol. The normalized spacial score (nSPS) is 11.9. The van der Waals surface area contributed by atoms with E-state index in [2.05, 4.69) is 5.10 Å². The molecule has 1 atom stereocenters. The van der Waals surface area contributed by atoms with E-state index in [1.807, 2.05) is 13.0 Å². The van der Waals surface area contributed by atoms with Crippen LogP contribution < -0.4 is 0 Å². The maximum absolute atomic E-state index is 11.6. The SMILES string of the molecule is CCCOC(=O)c1nn(CC(C)C#N)c(O)c1Cl. The van der Waals surface area contributed by atoms with Crippen LogP contribution in [0.3, 0.4) is 0 Å². The molecule has 6 nitrogen and oxygen atoms in total. The summed E-state index contributed by atoms with van der Waals surface area (Å²) in [5.74, 6) is -1.37. The van der Waals surface area contributed by atoms with Crippen LogP contribution in [-0.4, -0.2) is 27.5 Å². The van der Waals surface area contributed by atoms with Crippen LogP contribution >= 0.6 is 11.6 Å². The monoisotopic (exact) mass is 271 g/mol. The van der Waals surface area contributed by atoms with Crippen molar-refractivity contribution in [3.63, 3.8) is 0 Å². The Balaban J connectivity index is 2.92. The maximum atomic E-state index is 11.6. The zero-order valence-electron chi connectivity index (χ0n) is 10.2. The van der Waals surface area contributed by atoms with Crippen LogP contribution in [0.1, 0.15) is 30.8 Å². The fourth-order valence-corrected chi connectivity index (χ4v) is 1.46. The Labute approximate surface area is 110 Å². The van der Waals surface area contributed by atoms with Gasteiger partial charge in [0, 0.05) is 0 Å². The van der Waals surface area contributed by atoms with Gasteiger partial charge in [0.15, 0.2) is 5.69 Å². The van der Waals surface area contributed by atoms with Gasteiger partial charge in [-0.1, -0.05) is 18.5 Å². The summed E-state index contributed by atoms with van der Waals surface area (Å²) in [5.41, 5.74) is -0.132. The van der Waals surface area contributed by atoms with E-state index >= 15 is 0 Å². The molecule has 1 unspecified atom stereocenters. The Hall–Kier alpha value is -1.74. The third-order valence-electron chi connectivity index (χ3n) is 2.17. The number of aromatic nitrogens is 2. The highest BCUT2D eigenvalue weighted by atomic mass is 35.5. The van der Waals surface area contributed by atoms with Gasteiger partial charge in [0.25, 0.3) is 0 Å². The van der Waals surface area contributed by atoms with Gasteiger partial charge < -0.3 is 9.84 Å². The van der Waals surface area contributed by atoms with Crippen LogP contribution in [0, 0.1) is 17.2 Å². The van der Waals surface area contributed by atoms with Crippen molar-refractivity contribution in [1.82, 2.24) is 9.78 Å². The van der Waals surface area contributed by atoms with Gasteiger partial charge in [0.05, 0.1) is 25.1 Å². The summed E-state index contributed by atoms with van der Waals surface area (Å²) in [7, 11) is 0. The highest BCUT2D eigenvalue weighted by Gasteiger charge is 2.23. The van der Waals surface area contributed by atoms with E-state index in [-0.39, 0.29) is 35.7 Å². The molecular formula is C11H14ClN3O3. The molecule has 1 aromatic heterocycles. The second kappa shape index (κ2) is 6.26. The molecule has 1 rings (SSSR count). The molecule has 1 heterocycles. The molecule has 0 fully saturated rings. The van der Waals surface area contributed by atoms with E-state index in [4.69, 9.17) is 21.6 Å². The number of halogens is 1. The average Bonchev–Trinajstić information content (AvgIpc) is 2.64. The molecule has 0 amide bonds. The van der Waals surface area contributed by atoms with E-state index in [0.717, 1.165) is 4.68 Å². The van der Waals surface area contributed by atoms with Crippen molar-refractivity contribution in [3.8, 4) is 11.9 Å². The second-order valence-corrected chi connectivity index (χ2v) is 4.21. The molecule has 0 aromatic carbocycles. The Morgan fingerprint density at radius 2 is 2.39 bits per heavy atom. The molecule has 0 saturated heterocycles. The van der Waals surface area contributed by atoms with Gasteiger partial charge in [-0.05, 0) is 13.3 Å². The Kier molecular flexibility index (Phi) is 4.98. The number of hydrogen-bond donors (Lipinski definition) is 1. The lowest BCUT2D eigenvalue weighted by Gasteiger charge is -2.03. The van der Waals surface area contributed by atoms with Crippen LogP contribution in [0.25, 0.3) is 0 Å². The summed E-state index contributed by atoms with van der Waals surface area (Å²) in [6.45, 7) is 3.95. The number of nitrogens with zero attached hydrogens (tertiary/aromatic N) is 3. The highest BCUT2D eigenvalue weighted by molar-refractivity contribution is 6.34. The van der Waals surface area contributed by atoms with Crippen molar-refractivity contribution in [3.05, 3.63) is 10.7 Å². The maximum Gasteiger partial charge on any atom is 0.360 e. The molecule has 18 heavy (non-hydrogen) atoms. The minimum atomic E-state index is -0.680. The first-order valence-electron chi connectivity index (χ1n) is 5.53. The van der Waals surface area contributed by atoms with Crippen molar-refractivity contribution < 1.29 is 14.6 Å². The third kappa shape index (κ3) is 3.14. The first kappa shape index (κ1) is 14.3. The largest absolute Gasteiger partial charge is 0.492 e. The van der Waals surface area contributed by atoms with Gasteiger partial charge in [-0.25, -0.2) is 9.48 Å². The highest BCUT2D eigenvalue weighted by Crippen LogP contribution is 2.28. The van der Waals surface area contributed by atoms with Gasteiger partial charge >= 0.3 is 5.97 Å². The third-order valence-corrected chi connectivity index (χ3v) is 2.52. The lowest BCUT2D eigenvalue weighted by molar-refractivity contribution is 0.0497. The van der Waals surface area contributed by atoms with Gasteiger partial charge in [0.2, 0.25) is 5.88 Å².